The third-order valence-electron chi connectivity index (χ3n) is 2.48. The van der Waals surface area contributed by atoms with E-state index in [2.05, 4.69) is 9.69 Å². The number of para-hydroxylation sites is 1. The van der Waals surface area contributed by atoms with Gasteiger partial charge in [-0.05, 0) is 30.6 Å². The van der Waals surface area contributed by atoms with Gasteiger partial charge in [-0.25, -0.2) is 4.79 Å². The van der Waals surface area contributed by atoms with E-state index < -0.39 is 5.97 Å². The van der Waals surface area contributed by atoms with Gasteiger partial charge in [0, 0.05) is 6.54 Å². The lowest BCUT2D eigenvalue weighted by atomic mass is 10.2. The van der Waals surface area contributed by atoms with E-state index in [1.807, 2.05) is 30.3 Å². The lowest BCUT2D eigenvalue weighted by Gasteiger charge is -2.07. The summed E-state index contributed by atoms with van der Waals surface area (Å²) >= 11 is 1.15. The van der Waals surface area contributed by atoms with Crippen LogP contribution in [0, 0.1) is 6.92 Å². The van der Waals surface area contributed by atoms with Gasteiger partial charge in [-0.15, -0.1) is 0 Å². The van der Waals surface area contributed by atoms with Crippen molar-refractivity contribution in [2.45, 2.75) is 6.92 Å². The number of carboxylic acid groups (broad SMARTS) is 1. The van der Waals surface area contributed by atoms with E-state index >= 15 is 0 Å². The molecule has 19 heavy (non-hydrogen) atoms. The van der Waals surface area contributed by atoms with Crippen molar-refractivity contribution in [2.75, 3.05) is 18.5 Å². The van der Waals surface area contributed by atoms with Crippen molar-refractivity contribution in [1.29, 1.82) is 0 Å². The Kier molecular flexibility index (Phi) is 4.35. The van der Waals surface area contributed by atoms with E-state index in [1.165, 1.54) is 0 Å². The predicted molar refractivity (Wildman–Crippen MR) is 74.2 cm³/mol. The van der Waals surface area contributed by atoms with Gasteiger partial charge < -0.3 is 15.2 Å². The Labute approximate surface area is 115 Å². The van der Waals surface area contributed by atoms with Gasteiger partial charge in [0.05, 0.1) is 5.69 Å². The second kappa shape index (κ2) is 6.19. The molecule has 0 saturated carbocycles. The van der Waals surface area contributed by atoms with E-state index in [-0.39, 0.29) is 5.56 Å². The number of aryl methyl sites for hydroxylation is 1. The number of aromatic carboxylic acids is 1. The Balaban J connectivity index is 1.85. The molecule has 0 bridgehead atoms. The summed E-state index contributed by atoms with van der Waals surface area (Å²) in [5.74, 6) is -0.166. The molecule has 0 saturated heterocycles. The Morgan fingerprint density at radius 1 is 1.42 bits per heavy atom. The highest BCUT2D eigenvalue weighted by Crippen LogP contribution is 2.24. The van der Waals surface area contributed by atoms with Gasteiger partial charge >= 0.3 is 5.97 Å². The number of ether oxygens (including phenoxy) is 1. The summed E-state index contributed by atoms with van der Waals surface area (Å²) in [4.78, 5) is 11.1. The van der Waals surface area contributed by atoms with Crippen LogP contribution in [-0.4, -0.2) is 28.6 Å². The number of nitrogens with one attached hydrogen (secondary N) is 1. The van der Waals surface area contributed by atoms with Crippen LogP contribution in [0.4, 0.5) is 5.00 Å². The van der Waals surface area contributed by atoms with Gasteiger partial charge in [-0.1, -0.05) is 18.2 Å². The Morgan fingerprint density at radius 2 is 2.16 bits per heavy atom. The standard InChI is InChI=1S/C13H14N2O3S/c1-9-11(13(16)17)12(19-15-9)14-7-8-18-10-5-3-2-4-6-10/h2-6,14H,7-8H2,1H3,(H,16,17). The number of hydrogen-bond acceptors (Lipinski definition) is 5. The molecular weight excluding hydrogens is 264 g/mol. The van der Waals surface area contributed by atoms with E-state index in [0.717, 1.165) is 17.3 Å². The third-order valence-corrected chi connectivity index (χ3v) is 3.37. The molecule has 2 aromatic rings. The molecule has 0 aliphatic carbocycles. The molecule has 0 fully saturated rings. The molecule has 1 aromatic heterocycles. The number of carboxylic acids is 1. The average molecular weight is 278 g/mol. The molecule has 6 heteroatoms. The summed E-state index contributed by atoms with van der Waals surface area (Å²) < 4.78 is 9.54. The van der Waals surface area contributed by atoms with Crippen molar-refractivity contribution < 1.29 is 14.6 Å². The number of rotatable bonds is 6. The topological polar surface area (TPSA) is 71.5 Å². The lowest BCUT2D eigenvalue weighted by Crippen LogP contribution is -2.12. The molecule has 0 aliphatic heterocycles. The first-order chi connectivity index (χ1) is 9.18. The van der Waals surface area contributed by atoms with Crippen LogP contribution in [0.1, 0.15) is 16.1 Å². The number of carbonyl (C=O) groups is 1. The van der Waals surface area contributed by atoms with E-state index in [0.29, 0.717) is 23.8 Å². The molecule has 0 atom stereocenters. The van der Waals surface area contributed by atoms with Crippen molar-refractivity contribution in [3.8, 4) is 5.75 Å². The maximum absolute atomic E-state index is 11.1. The fourth-order valence-corrected chi connectivity index (χ4v) is 2.40. The summed E-state index contributed by atoms with van der Waals surface area (Å²) in [6, 6.07) is 9.47. The molecule has 100 valence electrons. The smallest absolute Gasteiger partial charge is 0.340 e. The van der Waals surface area contributed by atoms with Gasteiger partial charge in [0.1, 0.15) is 22.9 Å². The quantitative estimate of drug-likeness (QED) is 0.795. The Bertz CT molecular complexity index is 554. The number of anilines is 1. The molecule has 1 heterocycles. The molecule has 0 unspecified atom stereocenters. The van der Waals surface area contributed by atoms with Crippen molar-refractivity contribution >= 4 is 22.5 Å². The van der Waals surface area contributed by atoms with E-state index in [1.54, 1.807) is 6.92 Å². The Morgan fingerprint density at radius 3 is 2.84 bits per heavy atom. The molecule has 0 amide bonds. The van der Waals surface area contributed by atoms with Crippen LogP contribution in [-0.2, 0) is 0 Å². The van der Waals surface area contributed by atoms with Gasteiger partial charge in [-0.3, -0.25) is 0 Å². The summed E-state index contributed by atoms with van der Waals surface area (Å²) in [6.07, 6.45) is 0. The van der Waals surface area contributed by atoms with Crippen LogP contribution >= 0.6 is 11.5 Å². The molecule has 0 radical (unpaired) electrons. The van der Waals surface area contributed by atoms with Crippen molar-refractivity contribution in [2.24, 2.45) is 0 Å². The average Bonchev–Trinajstić information content (AvgIpc) is 2.77. The van der Waals surface area contributed by atoms with Crippen LogP contribution in [0.2, 0.25) is 0 Å². The second-order valence-electron chi connectivity index (χ2n) is 3.87. The minimum absolute atomic E-state index is 0.240. The highest BCUT2D eigenvalue weighted by Gasteiger charge is 2.16. The molecule has 5 nitrogen and oxygen atoms in total. The summed E-state index contributed by atoms with van der Waals surface area (Å²) in [5, 5.41) is 12.7. The largest absolute Gasteiger partial charge is 0.492 e. The van der Waals surface area contributed by atoms with Gasteiger partial charge in [0.25, 0.3) is 0 Å². The zero-order chi connectivity index (χ0) is 13.7. The van der Waals surface area contributed by atoms with Gasteiger partial charge in [0.15, 0.2) is 0 Å². The lowest BCUT2D eigenvalue weighted by molar-refractivity contribution is 0.0697. The number of aromatic nitrogens is 1. The molecule has 1 aromatic carbocycles. The summed E-state index contributed by atoms with van der Waals surface area (Å²) in [7, 11) is 0. The third kappa shape index (κ3) is 3.45. The van der Waals surface area contributed by atoms with Crippen LogP contribution in [0.15, 0.2) is 30.3 Å². The van der Waals surface area contributed by atoms with Crippen LogP contribution in [0.25, 0.3) is 0 Å². The maximum atomic E-state index is 11.1. The number of benzene rings is 1. The summed E-state index contributed by atoms with van der Waals surface area (Å²) in [6.45, 7) is 2.67. The predicted octanol–water partition coefficient (Wildman–Crippen LogP) is 2.64. The second-order valence-corrected chi connectivity index (χ2v) is 4.64. The monoisotopic (exact) mass is 278 g/mol. The maximum Gasteiger partial charge on any atom is 0.340 e. The first kappa shape index (κ1) is 13.4. The van der Waals surface area contributed by atoms with Crippen LogP contribution < -0.4 is 10.1 Å². The van der Waals surface area contributed by atoms with Crippen molar-refractivity contribution in [1.82, 2.24) is 4.37 Å². The minimum Gasteiger partial charge on any atom is -0.492 e. The molecule has 2 rings (SSSR count). The summed E-state index contributed by atoms with van der Waals surface area (Å²) in [5.41, 5.74) is 0.772. The molecule has 0 aliphatic rings. The molecule has 0 spiro atoms. The van der Waals surface area contributed by atoms with Crippen molar-refractivity contribution in [3.05, 3.63) is 41.6 Å². The van der Waals surface area contributed by atoms with Crippen LogP contribution in [0.5, 0.6) is 5.75 Å². The number of hydrogen-bond donors (Lipinski definition) is 2. The van der Waals surface area contributed by atoms with E-state index in [9.17, 15) is 4.79 Å². The molecule has 2 N–H and O–H groups in total. The normalized spacial score (nSPS) is 10.2. The number of nitrogens with zero attached hydrogens (tertiary/aromatic N) is 1. The zero-order valence-corrected chi connectivity index (χ0v) is 11.2. The fraction of sp³-hybridized carbons (Fsp3) is 0.231. The molecular formula is C13H14N2O3S. The highest BCUT2D eigenvalue weighted by atomic mass is 32.1. The zero-order valence-electron chi connectivity index (χ0n) is 10.4. The first-order valence-electron chi connectivity index (χ1n) is 5.80. The van der Waals surface area contributed by atoms with Crippen molar-refractivity contribution in [3.63, 3.8) is 0 Å². The SMILES string of the molecule is Cc1nsc(NCCOc2ccccc2)c1C(=O)O. The first-order valence-corrected chi connectivity index (χ1v) is 6.57. The van der Waals surface area contributed by atoms with E-state index in [4.69, 9.17) is 9.84 Å². The van der Waals surface area contributed by atoms with Gasteiger partial charge in [0.2, 0.25) is 0 Å². The van der Waals surface area contributed by atoms with Gasteiger partial charge in [-0.2, -0.15) is 4.37 Å². The highest BCUT2D eigenvalue weighted by molar-refractivity contribution is 7.10. The van der Waals surface area contributed by atoms with Crippen LogP contribution in [0.3, 0.4) is 0 Å². The minimum atomic E-state index is -0.960. The Hall–Kier alpha value is -2.08. The fourth-order valence-electron chi connectivity index (χ4n) is 1.59.